The van der Waals surface area contributed by atoms with E-state index in [4.69, 9.17) is 9.15 Å². The smallest absolute Gasteiger partial charge is 0.321 e. The molecular formula is C22H13FN2O2. The van der Waals surface area contributed by atoms with Crippen LogP contribution in [0.5, 0.6) is 11.8 Å². The second-order valence-corrected chi connectivity index (χ2v) is 6.12. The highest BCUT2D eigenvalue weighted by molar-refractivity contribution is 6.05. The number of hydrogen-bond acceptors (Lipinski definition) is 4. The second-order valence-electron chi connectivity index (χ2n) is 6.12. The fourth-order valence-corrected chi connectivity index (χ4v) is 3.03. The molecule has 5 aromatic rings. The minimum Gasteiger partial charge on any atom is -0.456 e. The van der Waals surface area contributed by atoms with Crippen LogP contribution in [0.4, 0.5) is 4.39 Å². The first-order valence-electron chi connectivity index (χ1n) is 8.43. The van der Waals surface area contributed by atoms with Gasteiger partial charge in [-0.3, -0.25) is 0 Å². The zero-order valence-corrected chi connectivity index (χ0v) is 14.1. The van der Waals surface area contributed by atoms with Crippen molar-refractivity contribution in [1.82, 2.24) is 9.97 Å². The average molecular weight is 356 g/mol. The summed E-state index contributed by atoms with van der Waals surface area (Å²) in [7, 11) is 0. The van der Waals surface area contributed by atoms with Gasteiger partial charge in [0.1, 0.15) is 22.7 Å². The third kappa shape index (κ3) is 2.89. The molecule has 0 saturated carbocycles. The Balaban J connectivity index is 1.44. The fourth-order valence-electron chi connectivity index (χ4n) is 3.03. The maximum Gasteiger partial charge on any atom is 0.321 e. The van der Waals surface area contributed by atoms with E-state index in [0.29, 0.717) is 5.75 Å². The zero-order chi connectivity index (χ0) is 18.2. The van der Waals surface area contributed by atoms with Crippen molar-refractivity contribution in [2.24, 2.45) is 0 Å². The van der Waals surface area contributed by atoms with Crippen LogP contribution in [-0.2, 0) is 0 Å². The first-order chi connectivity index (χ1) is 13.3. The van der Waals surface area contributed by atoms with Gasteiger partial charge in [-0.25, -0.2) is 14.4 Å². The van der Waals surface area contributed by atoms with E-state index >= 15 is 0 Å². The van der Waals surface area contributed by atoms with Crippen molar-refractivity contribution in [3.8, 4) is 22.9 Å². The summed E-state index contributed by atoms with van der Waals surface area (Å²) >= 11 is 0. The monoisotopic (exact) mass is 356 g/mol. The lowest BCUT2D eigenvalue weighted by Crippen LogP contribution is -1.92. The van der Waals surface area contributed by atoms with Crippen molar-refractivity contribution in [2.75, 3.05) is 0 Å². The Hall–Kier alpha value is -3.73. The zero-order valence-electron chi connectivity index (χ0n) is 14.1. The standard InChI is InChI=1S/C22H13FN2O2/c23-16-7-5-14(6-8-16)15-12-24-22(25-13-15)26-17-9-10-21-19(11-17)18-3-1-2-4-20(18)27-21/h1-13H. The lowest BCUT2D eigenvalue weighted by Gasteiger charge is -2.05. The molecule has 130 valence electrons. The number of nitrogens with zero attached hydrogens (tertiary/aromatic N) is 2. The van der Waals surface area contributed by atoms with Gasteiger partial charge >= 0.3 is 6.01 Å². The molecule has 0 saturated heterocycles. The van der Waals surface area contributed by atoms with Gasteiger partial charge in [-0.2, -0.15) is 0 Å². The molecule has 5 rings (SSSR count). The van der Waals surface area contributed by atoms with E-state index in [1.54, 1.807) is 24.5 Å². The number of ether oxygens (including phenoxy) is 1. The lowest BCUT2D eigenvalue weighted by molar-refractivity contribution is 0.442. The molecule has 0 aliphatic rings. The molecule has 5 heteroatoms. The van der Waals surface area contributed by atoms with Gasteiger partial charge < -0.3 is 9.15 Å². The van der Waals surface area contributed by atoms with Crippen LogP contribution in [0.2, 0.25) is 0 Å². The van der Waals surface area contributed by atoms with Gasteiger partial charge in [0.15, 0.2) is 0 Å². The molecule has 0 aliphatic heterocycles. The fraction of sp³-hybridized carbons (Fsp3) is 0. The molecule has 0 fully saturated rings. The highest BCUT2D eigenvalue weighted by atomic mass is 19.1. The largest absolute Gasteiger partial charge is 0.456 e. The second kappa shape index (κ2) is 6.21. The SMILES string of the molecule is Fc1ccc(-c2cnc(Oc3ccc4oc5ccccc5c4c3)nc2)cc1. The van der Waals surface area contributed by atoms with E-state index in [9.17, 15) is 4.39 Å². The van der Waals surface area contributed by atoms with Gasteiger partial charge in [0.25, 0.3) is 0 Å². The Morgan fingerprint density at radius 3 is 2.30 bits per heavy atom. The van der Waals surface area contributed by atoms with Gasteiger partial charge in [-0.05, 0) is 42.0 Å². The van der Waals surface area contributed by atoms with Crippen LogP contribution in [0.3, 0.4) is 0 Å². The molecule has 3 aromatic carbocycles. The minimum absolute atomic E-state index is 0.244. The molecule has 2 aromatic heterocycles. The Kier molecular flexibility index (Phi) is 3.57. The van der Waals surface area contributed by atoms with Crippen molar-refractivity contribution in [3.05, 3.63) is 84.9 Å². The maximum atomic E-state index is 13.0. The molecule has 0 amide bonds. The number of halogens is 1. The predicted molar refractivity (Wildman–Crippen MR) is 101 cm³/mol. The highest BCUT2D eigenvalue weighted by Gasteiger charge is 2.09. The van der Waals surface area contributed by atoms with Crippen LogP contribution in [0.1, 0.15) is 0 Å². The normalized spacial score (nSPS) is 11.1. The molecule has 4 nitrogen and oxygen atoms in total. The topological polar surface area (TPSA) is 48.2 Å². The summed E-state index contributed by atoms with van der Waals surface area (Å²) in [4.78, 5) is 8.50. The summed E-state index contributed by atoms with van der Waals surface area (Å²) in [5, 5.41) is 2.01. The third-order valence-electron chi connectivity index (χ3n) is 4.36. The Bertz CT molecular complexity index is 1250. The summed E-state index contributed by atoms with van der Waals surface area (Å²) in [5.74, 6) is 0.352. The van der Waals surface area contributed by atoms with Crippen LogP contribution < -0.4 is 4.74 Å². The Morgan fingerprint density at radius 1 is 0.741 bits per heavy atom. The van der Waals surface area contributed by atoms with Crippen molar-refractivity contribution < 1.29 is 13.5 Å². The molecule has 0 N–H and O–H groups in total. The first kappa shape index (κ1) is 15.5. The van der Waals surface area contributed by atoms with E-state index in [1.807, 2.05) is 42.5 Å². The number of fused-ring (bicyclic) bond motifs is 3. The summed E-state index contributed by atoms with van der Waals surface area (Å²) < 4.78 is 24.6. The molecule has 27 heavy (non-hydrogen) atoms. The number of furan rings is 1. The predicted octanol–water partition coefficient (Wildman–Crippen LogP) is 5.97. The van der Waals surface area contributed by atoms with E-state index in [-0.39, 0.29) is 11.8 Å². The van der Waals surface area contributed by atoms with Gasteiger partial charge in [0, 0.05) is 28.7 Å². The van der Waals surface area contributed by atoms with Crippen LogP contribution in [0, 0.1) is 5.82 Å². The Labute approximate surface area is 153 Å². The number of rotatable bonds is 3. The molecule has 2 heterocycles. The highest BCUT2D eigenvalue weighted by Crippen LogP contribution is 2.32. The Morgan fingerprint density at radius 2 is 1.48 bits per heavy atom. The van der Waals surface area contributed by atoms with Crippen LogP contribution in [-0.4, -0.2) is 9.97 Å². The summed E-state index contributed by atoms with van der Waals surface area (Å²) in [6.07, 6.45) is 3.31. The van der Waals surface area contributed by atoms with Crippen LogP contribution in [0.25, 0.3) is 33.1 Å². The van der Waals surface area contributed by atoms with Gasteiger partial charge in [-0.1, -0.05) is 30.3 Å². The lowest BCUT2D eigenvalue weighted by atomic mass is 10.1. The van der Waals surface area contributed by atoms with Crippen LogP contribution >= 0.6 is 0 Å². The number of aromatic nitrogens is 2. The molecule has 0 unspecified atom stereocenters. The third-order valence-corrected chi connectivity index (χ3v) is 4.36. The van der Waals surface area contributed by atoms with Gasteiger partial charge in [-0.15, -0.1) is 0 Å². The number of para-hydroxylation sites is 1. The minimum atomic E-state index is -0.276. The van der Waals surface area contributed by atoms with E-state index < -0.39 is 0 Å². The van der Waals surface area contributed by atoms with Crippen LogP contribution in [0.15, 0.2) is 83.5 Å². The summed E-state index contributed by atoms with van der Waals surface area (Å²) in [6.45, 7) is 0. The number of benzene rings is 3. The van der Waals surface area contributed by atoms with Crippen molar-refractivity contribution in [2.45, 2.75) is 0 Å². The molecule has 0 bridgehead atoms. The van der Waals surface area contributed by atoms with Crippen molar-refractivity contribution in [3.63, 3.8) is 0 Å². The number of hydrogen-bond donors (Lipinski definition) is 0. The quantitative estimate of drug-likeness (QED) is 0.399. The van der Waals surface area contributed by atoms with Gasteiger partial charge in [0.2, 0.25) is 0 Å². The maximum absolute atomic E-state index is 13.0. The molecule has 0 aliphatic carbocycles. The molecule has 0 radical (unpaired) electrons. The van der Waals surface area contributed by atoms with E-state index in [0.717, 1.165) is 33.1 Å². The summed E-state index contributed by atoms with van der Waals surface area (Å²) in [6, 6.07) is 19.9. The average Bonchev–Trinajstić information content (AvgIpc) is 3.07. The van der Waals surface area contributed by atoms with Crippen molar-refractivity contribution in [1.29, 1.82) is 0 Å². The summed E-state index contributed by atoms with van der Waals surface area (Å²) in [5.41, 5.74) is 3.27. The van der Waals surface area contributed by atoms with Crippen molar-refractivity contribution >= 4 is 21.9 Å². The van der Waals surface area contributed by atoms with Gasteiger partial charge in [0.05, 0.1) is 0 Å². The molecular weight excluding hydrogens is 343 g/mol. The first-order valence-corrected chi connectivity index (χ1v) is 8.43. The molecule has 0 atom stereocenters. The molecule has 0 spiro atoms. The van der Waals surface area contributed by atoms with E-state index in [1.165, 1.54) is 12.1 Å². The van der Waals surface area contributed by atoms with E-state index in [2.05, 4.69) is 9.97 Å².